The van der Waals surface area contributed by atoms with E-state index in [-0.39, 0.29) is 15.2 Å². The van der Waals surface area contributed by atoms with Crippen molar-refractivity contribution in [3.63, 3.8) is 0 Å². The van der Waals surface area contributed by atoms with Crippen molar-refractivity contribution in [3.8, 4) is 0 Å². The number of nitrogens with two attached hydrogens (primary N) is 1. The molecule has 0 radical (unpaired) electrons. The van der Waals surface area contributed by atoms with Crippen molar-refractivity contribution < 1.29 is 17.9 Å². The second-order valence-corrected chi connectivity index (χ2v) is 8.22. The third-order valence-electron chi connectivity index (χ3n) is 2.87. The summed E-state index contributed by atoms with van der Waals surface area (Å²) in [5, 5.41) is 1.44. The smallest absolute Gasteiger partial charge is 0.348 e. The Kier molecular flexibility index (Phi) is 5.31. The molecule has 1 aromatic heterocycles. The first-order chi connectivity index (χ1) is 9.14. The first-order valence-electron chi connectivity index (χ1n) is 5.97. The molecular weight excluding hydrogens is 300 g/mol. The highest BCUT2D eigenvalue weighted by molar-refractivity contribution is 7.89. The van der Waals surface area contributed by atoms with Crippen LogP contribution in [0.25, 0.3) is 0 Å². The van der Waals surface area contributed by atoms with E-state index in [1.165, 1.54) is 29.9 Å². The standard InChI is InChI=1S/C12H20N2O4S2/c1-12(2,7-13)8-14(3)20(16,17)9-5-10(19-6-9)11(15)18-4/h5-6H,7-8,13H2,1-4H3. The van der Waals surface area contributed by atoms with Gasteiger partial charge in [0.15, 0.2) is 0 Å². The van der Waals surface area contributed by atoms with Gasteiger partial charge in [0.2, 0.25) is 10.0 Å². The van der Waals surface area contributed by atoms with Crippen molar-refractivity contribution in [2.75, 3.05) is 27.2 Å². The number of rotatable bonds is 6. The molecule has 0 aliphatic heterocycles. The topological polar surface area (TPSA) is 89.7 Å². The van der Waals surface area contributed by atoms with Gasteiger partial charge in [0, 0.05) is 19.0 Å². The van der Waals surface area contributed by atoms with Crippen LogP contribution in [0.15, 0.2) is 16.3 Å². The summed E-state index contributed by atoms with van der Waals surface area (Å²) in [6, 6.07) is 1.33. The zero-order valence-corrected chi connectivity index (χ0v) is 13.7. The predicted molar refractivity (Wildman–Crippen MR) is 78.3 cm³/mol. The maximum atomic E-state index is 12.4. The summed E-state index contributed by atoms with van der Waals surface area (Å²) in [5.41, 5.74) is 5.30. The van der Waals surface area contributed by atoms with Gasteiger partial charge >= 0.3 is 5.97 Å². The lowest BCUT2D eigenvalue weighted by atomic mass is 9.94. The molecule has 0 aromatic carbocycles. The number of ether oxygens (including phenoxy) is 1. The molecule has 0 saturated carbocycles. The monoisotopic (exact) mass is 320 g/mol. The molecule has 1 rings (SSSR count). The summed E-state index contributed by atoms with van der Waals surface area (Å²) in [4.78, 5) is 11.7. The number of nitrogens with zero attached hydrogens (tertiary/aromatic N) is 1. The van der Waals surface area contributed by atoms with Gasteiger partial charge in [-0.2, -0.15) is 0 Å². The zero-order chi connectivity index (χ0) is 15.6. The van der Waals surface area contributed by atoms with E-state index in [1.807, 2.05) is 13.8 Å². The van der Waals surface area contributed by atoms with Crippen molar-refractivity contribution in [2.45, 2.75) is 18.7 Å². The molecule has 0 amide bonds. The van der Waals surface area contributed by atoms with Crippen LogP contribution in [0.2, 0.25) is 0 Å². The summed E-state index contributed by atoms with van der Waals surface area (Å²) < 4.78 is 30.6. The molecule has 20 heavy (non-hydrogen) atoms. The summed E-state index contributed by atoms with van der Waals surface area (Å²) in [6.45, 7) is 4.47. The number of esters is 1. The fourth-order valence-electron chi connectivity index (χ4n) is 1.59. The second-order valence-electron chi connectivity index (χ2n) is 5.27. The van der Waals surface area contributed by atoms with E-state index in [0.717, 1.165) is 11.3 Å². The SMILES string of the molecule is COC(=O)c1cc(S(=O)(=O)N(C)CC(C)(C)CN)cs1. The average Bonchev–Trinajstić information content (AvgIpc) is 2.87. The van der Waals surface area contributed by atoms with Crippen molar-refractivity contribution in [1.29, 1.82) is 0 Å². The average molecular weight is 320 g/mol. The van der Waals surface area contributed by atoms with Gasteiger partial charge in [-0.1, -0.05) is 13.8 Å². The Hall–Kier alpha value is -0.960. The van der Waals surface area contributed by atoms with Gasteiger partial charge in [0.05, 0.1) is 12.0 Å². The minimum Gasteiger partial charge on any atom is -0.465 e. The van der Waals surface area contributed by atoms with E-state index in [2.05, 4.69) is 4.74 Å². The molecular formula is C12H20N2O4S2. The molecule has 8 heteroatoms. The minimum atomic E-state index is -3.62. The minimum absolute atomic E-state index is 0.0956. The van der Waals surface area contributed by atoms with Crippen molar-refractivity contribution in [1.82, 2.24) is 4.31 Å². The Bertz CT molecular complexity index is 578. The van der Waals surface area contributed by atoms with Crippen LogP contribution in [0.3, 0.4) is 0 Å². The fraction of sp³-hybridized carbons (Fsp3) is 0.583. The Labute approximate surface area is 123 Å². The molecule has 1 aromatic rings. The number of sulfonamides is 1. The molecule has 0 aliphatic carbocycles. The lowest BCUT2D eigenvalue weighted by Gasteiger charge is -2.28. The number of thiophene rings is 1. The Morgan fingerprint density at radius 3 is 2.60 bits per heavy atom. The molecule has 6 nitrogen and oxygen atoms in total. The van der Waals surface area contributed by atoms with Crippen LogP contribution in [-0.4, -0.2) is 45.9 Å². The number of hydrogen-bond acceptors (Lipinski definition) is 6. The number of carbonyl (C=O) groups is 1. The van der Waals surface area contributed by atoms with Crippen LogP contribution in [0, 0.1) is 5.41 Å². The predicted octanol–water partition coefficient (Wildman–Crippen LogP) is 1.14. The van der Waals surface area contributed by atoms with Crippen LogP contribution < -0.4 is 5.73 Å². The molecule has 0 atom stereocenters. The fourth-order valence-corrected chi connectivity index (χ4v) is 4.13. The molecule has 0 spiro atoms. The van der Waals surface area contributed by atoms with Gasteiger partial charge < -0.3 is 10.5 Å². The summed E-state index contributed by atoms with van der Waals surface area (Å²) in [6.07, 6.45) is 0. The van der Waals surface area contributed by atoms with Gasteiger partial charge in [-0.3, -0.25) is 0 Å². The van der Waals surface area contributed by atoms with E-state index in [1.54, 1.807) is 0 Å². The van der Waals surface area contributed by atoms with E-state index in [4.69, 9.17) is 5.73 Å². The highest BCUT2D eigenvalue weighted by atomic mass is 32.2. The van der Waals surface area contributed by atoms with Crippen LogP contribution >= 0.6 is 11.3 Å². The highest BCUT2D eigenvalue weighted by Crippen LogP contribution is 2.25. The van der Waals surface area contributed by atoms with Crippen LogP contribution in [0.1, 0.15) is 23.5 Å². The van der Waals surface area contributed by atoms with Gasteiger partial charge in [0.25, 0.3) is 0 Å². The summed E-state index contributed by atoms with van der Waals surface area (Å²) in [7, 11) is -0.864. The number of methoxy groups -OCH3 is 1. The quantitative estimate of drug-likeness (QED) is 0.794. The van der Waals surface area contributed by atoms with Crippen molar-refractivity contribution in [3.05, 3.63) is 16.3 Å². The summed E-state index contributed by atoms with van der Waals surface area (Å²) >= 11 is 1.05. The lowest BCUT2D eigenvalue weighted by Crippen LogP contribution is -2.39. The van der Waals surface area contributed by atoms with Gasteiger partial charge in [0.1, 0.15) is 4.88 Å². The Morgan fingerprint density at radius 2 is 2.10 bits per heavy atom. The largest absolute Gasteiger partial charge is 0.465 e. The molecule has 2 N–H and O–H groups in total. The van der Waals surface area contributed by atoms with Gasteiger partial charge in [-0.05, 0) is 18.0 Å². The lowest BCUT2D eigenvalue weighted by molar-refractivity contribution is 0.0606. The van der Waals surface area contributed by atoms with E-state index >= 15 is 0 Å². The molecule has 114 valence electrons. The van der Waals surface area contributed by atoms with Crippen LogP contribution in [-0.2, 0) is 14.8 Å². The van der Waals surface area contributed by atoms with E-state index in [0.29, 0.717) is 13.1 Å². The Balaban J connectivity index is 2.99. The molecule has 0 saturated heterocycles. The Morgan fingerprint density at radius 1 is 1.50 bits per heavy atom. The molecule has 0 aliphatic rings. The van der Waals surface area contributed by atoms with Gasteiger partial charge in [-0.15, -0.1) is 11.3 Å². The first-order valence-corrected chi connectivity index (χ1v) is 8.29. The molecule has 1 heterocycles. The van der Waals surface area contributed by atoms with Crippen molar-refractivity contribution in [2.24, 2.45) is 11.1 Å². The molecule has 0 unspecified atom stereocenters. The van der Waals surface area contributed by atoms with E-state index in [9.17, 15) is 13.2 Å². The third kappa shape index (κ3) is 3.78. The number of hydrogen-bond donors (Lipinski definition) is 1. The third-order valence-corrected chi connectivity index (χ3v) is 5.71. The zero-order valence-electron chi connectivity index (χ0n) is 12.0. The first kappa shape index (κ1) is 17.1. The maximum Gasteiger partial charge on any atom is 0.348 e. The summed E-state index contributed by atoms with van der Waals surface area (Å²) in [5.74, 6) is -0.540. The molecule has 0 fully saturated rings. The molecule has 0 bridgehead atoms. The van der Waals surface area contributed by atoms with E-state index < -0.39 is 16.0 Å². The maximum absolute atomic E-state index is 12.4. The number of carbonyl (C=O) groups excluding carboxylic acids is 1. The second kappa shape index (κ2) is 6.21. The van der Waals surface area contributed by atoms with Crippen LogP contribution in [0.5, 0.6) is 0 Å². The normalized spacial score (nSPS) is 12.7. The van der Waals surface area contributed by atoms with Gasteiger partial charge in [-0.25, -0.2) is 17.5 Å². The van der Waals surface area contributed by atoms with Crippen molar-refractivity contribution >= 4 is 27.3 Å². The van der Waals surface area contributed by atoms with Crippen LogP contribution in [0.4, 0.5) is 0 Å². The highest BCUT2D eigenvalue weighted by Gasteiger charge is 2.28.